The van der Waals surface area contributed by atoms with E-state index in [1.54, 1.807) is 14.2 Å². The summed E-state index contributed by atoms with van der Waals surface area (Å²) in [5, 5.41) is 9.22. The average molecular weight is 341 g/mol. The molecule has 1 fully saturated rings. The van der Waals surface area contributed by atoms with Crippen LogP contribution in [0.2, 0.25) is 0 Å². The monoisotopic (exact) mass is 341 g/mol. The van der Waals surface area contributed by atoms with Gasteiger partial charge in [-0.05, 0) is 41.8 Å². The van der Waals surface area contributed by atoms with Gasteiger partial charge in [-0.2, -0.15) is 0 Å². The van der Waals surface area contributed by atoms with Gasteiger partial charge >= 0.3 is 5.97 Å². The molecule has 0 aliphatic carbocycles. The summed E-state index contributed by atoms with van der Waals surface area (Å²) in [6, 6.07) is 14.1. The Morgan fingerprint density at radius 3 is 2.44 bits per heavy atom. The van der Waals surface area contributed by atoms with Crippen molar-refractivity contribution >= 4 is 5.97 Å². The molecule has 5 heteroatoms. The van der Waals surface area contributed by atoms with E-state index in [2.05, 4.69) is 17.0 Å². The van der Waals surface area contributed by atoms with Gasteiger partial charge in [0.05, 0.1) is 20.1 Å². The molecular weight excluding hydrogens is 318 g/mol. The van der Waals surface area contributed by atoms with E-state index in [1.165, 1.54) is 0 Å². The van der Waals surface area contributed by atoms with Crippen LogP contribution in [0.15, 0.2) is 42.5 Å². The van der Waals surface area contributed by atoms with Gasteiger partial charge in [0.15, 0.2) is 11.5 Å². The molecule has 1 aliphatic rings. The van der Waals surface area contributed by atoms with E-state index >= 15 is 0 Å². The molecular formula is C20H23NO4. The first-order chi connectivity index (χ1) is 12.1. The Kier molecular flexibility index (Phi) is 5.24. The number of carbonyl (C=O) groups is 1. The fourth-order valence-corrected chi connectivity index (χ4v) is 3.36. The minimum atomic E-state index is -0.710. The molecule has 2 aromatic rings. The standard InChI is InChI=1S/C20H23NO4/c1-24-18-10-16(13-21-9-8-15(12-21)20(22)23)17(11-19(18)25-2)14-6-4-3-5-7-14/h3-7,10-11,15H,8-9,12-13H2,1-2H3,(H,22,23). The van der Waals surface area contributed by atoms with E-state index in [0.717, 1.165) is 23.2 Å². The molecule has 0 amide bonds. The second kappa shape index (κ2) is 7.57. The third kappa shape index (κ3) is 3.77. The van der Waals surface area contributed by atoms with Crippen molar-refractivity contribution in [1.82, 2.24) is 4.90 Å². The molecule has 2 aromatic carbocycles. The Bertz CT molecular complexity index is 745. The fourth-order valence-electron chi connectivity index (χ4n) is 3.36. The molecule has 25 heavy (non-hydrogen) atoms. The number of hydrogen-bond acceptors (Lipinski definition) is 4. The Morgan fingerprint density at radius 1 is 1.16 bits per heavy atom. The number of nitrogens with zero attached hydrogens (tertiary/aromatic N) is 1. The van der Waals surface area contributed by atoms with Crippen molar-refractivity contribution in [3.8, 4) is 22.6 Å². The minimum Gasteiger partial charge on any atom is -0.493 e. The van der Waals surface area contributed by atoms with E-state index in [-0.39, 0.29) is 5.92 Å². The summed E-state index contributed by atoms with van der Waals surface area (Å²) in [6.07, 6.45) is 0.698. The number of methoxy groups -OCH3 is 2. The van der Waals surface area contributed by atoms with Crippen LogP contribution in [0.1, 0.15) is 12.0 Å². The number of carboxylic acid groups (broad SMARTS) is 1. The van der Waals surface area contributed by atoms with Crippen molar-refractivity contribution in [2.24, 2.45) is 5.92 Å². The Labute approximate surface area is 147 Å². The molecule has 132 valence electrons. The van der Waals surface area contributed by atoms with Gasteiger partial charge in [-0.1, -0.05) is 30.3 Å². The third-order valence-electron chi connectivity index (χ3n) is 4.71. The van der Waals surface area contributed by atoms with E-state index in [9.17, 15) is 9.90 Å². The topological polar surface area (TPSA) is 59.0 Å². The molecule has 1 atom stereocenters. The normalized spacial score (nSPS) is 17.4. The van der Waals surface area contributed by atoms with Gasteiger partial charge in [0.2, 0.25) is 0 Å². The summed E-state index contributed by atoms with van der Waals surface area (Å²) in [5.74, 6) is 0.388. The van der Waals surface area contributed by atoms with Gasteiger partial charge in [0, 0.05) is 13.1 Å². The molecule has 5 nitrogen and oxygen atoms in total. The summed E-state index contributed by atoms with van der Waals surface area (Å²) in [4.78, 5) is 13.4. The molecule has 0 radical (unpaired) electrons. The number of carboxylic acids is 1. The van der Waals surface area contributed by atoms with Crippen molar-refractivity contribution in [3.05, 3.63) is 48.0 Å². The van der Waals surface area contributed by atoms with Crippen molar-refractivity contribution in [3.63, 3.8) is 0 Å². The van der Waals surface area contributed by atoms with Crippen LogP contribution in [0.3, 0.4) is 0 Å². The van der Waals surface area contributed by atoms with Crippen molar-refractivity contribution in [1.29, 1.82) is 0 Å². The van der Waals surface area contributed by atoms with E-state index in [1.807, 2.05) is 30.3 Å². The van der Waals surface area contributed by atoms with Crippen molar-refractivity contribution in [2.45, 2.75) is 13.0 Å². The zero-order valence-electron chi connectivity index (χ0n) is 14.6. The lowest BCUT2D eigenvalue weighted by atomic mass is 9.98. The van der Waals surface area contributed by atoms with Gasteiger partial charge in [0.1, 0.15) is 0 Å². The van der Waals surface area contributed by atoms with Crippen LogP contribution >= 0.6 is 0 Å². The van der Waals surface area contributed by atoms with Crippen LogP contribution < -0.4 is 9.47 Å². The van der Waals surface area contributed by atoms with Gasteiger partial charge in [0.25, 0.3) is 0 Å². The van der Waals surface area contributed by atoms with Gasteiger partial charge in [-0.15, -0.1) is 0 Å². The van der Waals surface area contributed by atoms with Crippen molar-refractivity contribution in [2.75, 3.05) is 27.3 Å². The molecule has 1 unspecified atom stereocenters. The lowest BCUT2D eigenvalue weighted by Gasteiger charge is -2.20. The first-order valence-electron chi connectivity index (χ1n) is 8.38. The fraction of sp³-hybridized carbons (Fsp3) is 0.350. The van der Waals surface area contributed by atoms with Crippen LogP contribution in [0.5, 0.6) is 11.5 Å². The molecule has 0 aromatic heterocycles. The summed E-state index contributed by atoms with van der Waals surface area (Å²) in [5.41, 5.74) is 3.29. The lowest BCUT2D eigenvalue weighted by Crippen LogP contribution is -2.23. The van der Waals surface area contributed by atoms with Gasteiger partial charge < -0.3 is 14.6 Å². The van der Waals surface area contributed by atoms with E-state index in [4.69, 9.17) is 9.47 Å². The highest BCUT2D eigenvalue weighted by Crippen LogP contribution is 2.36. The molecule has 1 aliphatic heterocycles. The Hall–Kier alpha value is -2.53. The average Bonchev–Trinajstić information content (AvgIpc) is 3.11. The molecule has 1 N–H and O–H groups in total. The van der Waals surface area contributed by atoms with Gasteiger partial charge in [-0.3, -0.25) is 9.69 Å². The van der Waals surface area contributed by atoms with Crippen molar-refractivity contribution < 1.29 is 19.4 Å². The lowest BCUT2D eigenvalue weighted by molar-refractivity contribution is -0.141. The predicted molar refractivity (Wildman–Crippen MR) is 96.0 cm³/mol. The molecule has 0 saturated carbocycles. The molecule has 3 rings (SSSR count). The Balaban J connectivity index is 1.95. The second-order valence-corrected chi connectivity index (χ2v) is 6.29. The minimum absolute atomic E-state index is 0.277. The number of benzene rings is 2. The van der Waals surface area contributed by atoms with Crippen LogP contribution in [-0.4, -0.2) is 43.3 Å². The Morgan fingerprint density at radius 2 is 1.84 bits per heavy atom. The highest BCUT2D eigenvalue weighted by atomic mass is 16.5. The largest absolute Gasteiger partial charge is 0.493 e. The number of rotatable bonds is 6. The van der Waals surface area contributed by atoms with Crippen LogP contribution in [0.4, 0.5) is 0 Å². The maximum atomic E-state index is 11.2. The number of aliphatic carboxylic acids is 1. The van der Waals surface area contributed by atoms with E-state index < -0.39 is 5.97 Å². The van der Waals surface area contributed by atoms with Crippen LogP contribution in [0.25, 0.3) is 11.1 Å². The number of hydrogen-bond donors (Lipinski definition) is 1. The summed E-state index contributed by atoms with van der Waals surface area (Å²) in [7, 11) is 3.25. The molecule has 0 bridgehead atoms. The van der Waals surface area contributed by atoms with E-state index in [0.29, 0.717) is 31.0 Å². The second-order valence-electron chi connectivity index (χ2n) is 6.29. The van der Waals surface area contributed by atoms with Crippen LogP contribution in [-0.2, 0) is 11.3 Å². The van der Waals surface area contributed by atoms with Gasteiger partial charge in [-0.25, -0.2) is 0 Å². The third-order valence-corrected chi connectivity index (χ3v) is 4.71. The summed E-state index contributed by atoms with van der Waals surface area (Å²) < 4.78 is 10.9. The maximum absolute atomic E-state index is 11.2. The predicted octanol–water partition coefficient (Wildman–Crippen LogP) is 3.28. The zero-order valence-corrected chi connectivity index (χ0v) is 14.6. The highest BCUT2D eigenvalue weighted by molar-refractivity contribution is 5.72. The number of ether oxygens (including phenoxy) is 2. The molecule has 0 spiro atoms. The highest BCUT2D eigenvalue weighted by Gasteiger charge is 2.28. The SMILES string of the molecule is COc1cc(CN2CCC(C(=O)O)C2)c(-c2ccccc2)cc1OC. The summed E-state index contributed by atoms with van der Waals surface area (Å²) in [6.45, 7) is 2.06. The maximum Gasteiger partial charge on any atom is 0.307 e. The zero-order chi connectivity index (χ0) is 17.8. The first kappa shape index (κ1) is 17.3. The molecule has 1 heterocycles. The number of likely N-dealkylation sites (tertiary alicyclic amines) is 1. The summed E-state index contributed by atoms with van der Waals surface area (Å²) >= 11 is 0. The van der Waals surface area contributed by atoms with Crippen LogP contribution in [0, 0.1) is 5.92 Å². The molecule has 1 saturated heterocycles. The quantitative estimate of drug-likeness (QED) is 0.874. The first-order valence-corrected chi connectivity index (χ1v) is 8.38. The smallest absolute Gasteiger partial charge is 0.307 e.